The molecule has 0 aliphatic rings. The number of aryl methyl sites for hydroxylation is 1. The molecule has 2 nitrogen and oxygen atoms in total. The van der Waals surface area contributed by atoms with Gasteiger partial charge in [0.15, 0.2) is 0 Å². The molecule has 0 atom stereocenters. The van der Waals surface area contributed by atoms with Crippen LogP contribution >= 0.6 is 0 Å². The molecule has 0 unspecified atom stereocenters. The summed E-state index contributed by atoms with van der Waals surface area (Å²) in [6, 6.07) is 6.46. The Balaban J connectivity index is 2.47. The molecule has 2 aromatic carbocycles. The maximum atomic E-state index is 13.0. The number of halogens is 6. The van der Waals surface area contributed by atoms with Gasteiger partial charge in [0.2, 0.25) is 0 Å². The molecule has 8 heteroatoms. The average molecular weight is 348 g/mol. The Bertz CT molecular complexity index is 762. The highest BCUT2D eigenvalue weighted by atomic mass is 19.4. The first-order chi connectivity index (χ1) is 11.0. The number of benzene rings is 2. The Morgan fingerprint density at radius 2 is 1.58 bits per heavy atom. The van der Waals surface area contributed by atoms with E-state index in [2.05, 4.69) is 0 Å². The summed E-state index contributed by atoms with van der Waals surface area (Å²) in [5.74, 6) is -1.58. The molecule has 0 radical (unpaired) electrons. The summed E-state index contributed by atoms with van der Waals surface area (Å²) in [6.07, 6.45) is -9.88. The minimum Gasteiger partial charge on any atom is -0.423 e. The molecular formula is C16H10F6O2. The lowest BCUT2D eigenvalue weighted by Gasteiger charge is -2.15. The van der Waals surface area contributed by atoms with Crippen LogP contribution in [-0.4, -0.2) is 5.97 Å². The van der Waals surface area contributed by atoms with Gasteiger partial charge in [0.25, 0.3) is 0 Å². The van der Waals surface area contributed by atoms with E-state index in [4.69, 9.17) is 4.74 Å². The van der Waals surface area contributed by atoms with Crippen molar-refractivity contribution < 1.29 is 35.9 Å². The second-order valence-electron chi connectivity index (χ2n) is 4.96. The molecule has 0 saturated heterocycles. The molecule has 0 N–H and O–H groups in total. The van der Waals surface area contributed by atoms with Crippen LogP contribution in [0.15, 0.2) is 42.5 Å². The van der Waals surface area contributed by atoms with Gasteiger partial charge < -0.3 is 4.74 Å². The first-order valence-electron chi connectivity index (χ1n) is 6.56. The van der Waals surface area contributed by atoms with E-state index in [1.54, 1.807) is 13.0 Å². The zero-order chi connectivity index (χ0) is 18.1. The van der Waals surface area contributed by atoms with Crippen molar-refractivity contribution in [1.29, 1.82) is 0 Å². The van der Waals surface area contributed by atoms with Crippen LogP contribution in [0.2, 0.25) is 0 Å². The minimum atomic E-state index is -4.99. The Labute approximate surface area is 132 Å². The van der Waals surface area contributed by atoms with Crippen LogP contribution in [0.25, 0.3) is 0 Å². The molecule has 0 bridgehead atoms. The molecule has 0 saturated carbocycles. The van der Waals surface area contributed by atoms with Crippen LogP contribution in [0.3, 0.4) is 0 Å². The number of carbonyl (C=O) groups excluding carboxylic acids is 1. The quantitative estimate of drug-likeness (QED) is 0.421. The molecule has 128 valence electrons. The molecule has 24 heavy (non-hydrogen) atoms. The summed E-state index contributed by atoms with van der Waals surface area (Å²) >= 11 is 0. The fourth-order valence-corrected chi connectivity index (χ4v) is 1.98. The summed E-state index contributed by atoms with van der Waals surface area (Å²) in [4.78, 5) is 12.0. The topological polar surface area (TPSA) is 26.3 Å². The maximum Gasteiger partial charge on any atom is 0.417 e. The Morgan fingerprint density at radius 3 is 2.12 bits per heavy atom. The molecular weight excluding hydrogens is 338 g/mol. The smallest absolute Gasteiger partial charge is 0.417 e. The number of carbonyl (C=O) groups is 1. The molecule has 0 aliphatic heterocycles. The zero-order valence-electron chi connectivity index (χ0n) is 12.1. The molecule has 0 aliphatic carbocycles. The van der Waals surface area contributed by atoms with Crippen LogP contribution in [-0.2, 0) is 12.4 Å². The lowest BCUT2D eigenvalue weighted by Crippen LogP contribution is -2.19. The van der Waals surface area contributed by atoms with Gasteiger partial charge in [0, 0.05) is 0 Å². The highest BCUT2D eigenvalue weighted by molar-refractivity contribution is 5.93. The van der Waals surface area contributed by atoms with Gasteiger partial charge in [0.05, 0.1) is 16.7 Å². The second-order valence-corrected chi connectivity index (χ2v) is 4.96. The average Bonchev–Trinajstić information content (AvgIpc) is 2.44. The molecule has 0 fully saturated rings. The van der Waals surface area contributed by atoms with E-state index in [0.29, 0.717) is 5.56 Å². The van der Waals surface area contributed by atoms with Gasteiger partial charge in [0.1, 0.15) is 5.75 Å². The van der Waals surface area contributed by atoms with Crippen LogP contribution < -0.4 is 4.74 Å². The van der Waals surface area contributed by atoms with Crippen molar-refractivity contribution in [2.24, 2.45) is 0 Å². The number of ether oxygens (including phenoxy) is 1. The van der Waals surface area contributed by atoms with Crippen molar-refractivity contribution in [1.82, 2.24) is 0 Å². The summed E-state index contributed by atoms with van der Waals surface area (Å²) < 4.78 is 81.7. The zero-order valence-corrected chi connectivity index (χ0v) is 12.1. The van der Waals surface area contributed by atoms with Crippen molar-refractivity contribution in [3.8, 4) is 5.75 Å². The van der Waals surface area contributed by atoms with Crippen molar-refractivity contribution in [3.63, 3.8) is 0 Å². The van der Waals surface area contributed by atoms with Crippen molar-refractivity contribution in [3.05, 3.63) is 64.7 Å². The summed E-state index contributed by atoms with van der Waals surface area (Å²) in [6.45, 7) is 1.66. The van der Waals surface area contributed by atoms with E-state index in [1.165, 1.54) is 18.2 Å². The maximum absolute atomic E-state index is 13.0. The molecule has 2 aromatic rings. The van der Waals surface area contributed by atoms with Crippen LogP contribution in [0, 0.1) is 6.92 Å². The third-order valence-electron chi connectivity index (χ3n) is 3.07. The van der Waals surface area contributed by atoms with Gasteiger partial charge in [-0.15, -0.1) is 0 Å². The largest absolute Gasteiger partial charge is 0.423 e. The van der Waals surface area contributed by atoms with E-state index in [9.17, 15) is 31.1 Å². The molecule has 0 spiro atoms. The van der Waals surface area contributed by atoms with Gasteiger partial charge in [-0.3, -0.25) is 0 Å². The van der Waals surface area contributed by atoms with Gasteiger partial charge in [-0.25, -0.2) is 4.79 Å². The van der Waals surface area contributed by atoms with Crippen molar-refractivity contribution in [2.45, 2.75) is 19.3 Å². The van der Waals surface area contributed by atoms with Crippen LogP contribution in [0.4, 0.5) is 26.3 Å². The van der Waals surface area contributed by atoms with Gasteiger partial charge >= 0.3 is 18.3 Å². The number of hydrogen-bond donors (Lipinski definition) is 0. The number of rotatable bonds is 2. The fraction of sp³-hybridized carbons (Fsp3) is 0.188. The predicted octanol–water partition coefficient (Wildman–Crippen LogP) is 5.25. The summed E-state index contributed by atoms with van der Waals surface area (Å²) in [5.41, 5.74) is -3.39. The second kappa shape index (κ2) is 6.18. The number of hydrogen-bond acceptors (Lipinski definition) is 2. The molecule has 0 heterocycles. The van der Waals surface area contributed by atoms with E-state index >= 15 is 0 Å². The number of alkyl halides is 6. The van der Waals surface area contributed by atoms with Gasteiger partial charge in [-0.2, -0.15) is 26.3 Å². The Morgan fingerprint density at radius 1 is 0.917 bits per heavy atom. The Hall–Kier alpha value is -2.51. The first-order valence-corrected chi connectivity index (χ1v) is 6.56. The van der Waals surface area contributed by atoms with E-state index < -0.39 is 35.0 Å². The lowest BCUT2D eigenvalue weighted by atomic mass is 10.0. The summed E-state index contributed by atoms with van der Waals surface area (Å²) in [7, 11) is 0. The number of esters is 1. The first kappa shape index (κ1) is 17.8. The van der Waals surface area contributed by atoms with Crippen molar-refractivity contribution in [2.75, 3.05) is 0 Å². The van der Waals surface area contributed by atoms with E-state index in [-0.39, 0.29) is 23.9 Å². The standard InChI is InChI=1S/C16H10F6O2/c1-9-3-2-4-11(7-9)24-14(23)12-8-10(15(17,18)19)5-6-13(12)16(20,21)22/h2-8H,1H3. The molecule has 2 rings (SSSR count). The van der Waals surface area contributed by atoms with Gasteiger partial charge in [-0.1, -0.05) is 12.1 Å². The van der Waals surface area contributed by atoms with Crippen LogP contribution in [0.1, 0.15) is 27.0 Å². The van der Waals surface area contributed by atoms with Gasteiger partial charge in [-0.05, 0) is 42.8 Å². The third-order valence-corrected chi connectivity index (χ3v) is 3.07. The predicted molar refractivity (Wildman–Crippen MR) is 72.6 cm³/mol. The van der Waals surface area contributed by atoms with Crippen LogP contribution in [0.5, 0.6) is 5.75 Å². The lowest BCUT2D eigenvalue weighted by molar-refractivity contribution is -0.141. The van der Waals surface area contributed by atoms with E-state index in [1.807, 2.05) is 0 Å². The highest BCUT2D eigenvalue weighted by Gasteiger charge is 2.39. The molecule has 0 aromatic heterocycles. The van der Waals surface area contributed by atoms with Crippen molar-refractivity contribution >= 4 is 5.97 Å². The SMILES string of the molecule is Cc1cccc(OC(=O)c2cc(C(F)(F)F)ccc2C(F)(F)F)c1. The third kappa shape index (κ3) is 4.06. The minimum absolute atomic E-state index is 0.0643. The summed E-state index contributed by atoms with van der Waals surface area (Å²) in [5, 5.41) is 0. The Kier molecular flexibility index (Phi) is 4.59. The van der Waals surface area contributed by atoms with E-state index in [0.717, 1.165) is 0 Å². The normalized spacial score (nSPS) is 12.1. The highest BCUT2D eigenvalue weighted by Crippen LogP contribution is 2.37. The fourth-order valence-electron chi connectivity index (χ4n) is 1.98. The molecule has 0 amide bonds. The monoisotopic (exact) mass is 348 g/mol.